The summed E-state index contributed by atoms with van der Waals surface area (Å²) in [5.74, 6) is 6.53. The summed E-state index contributed by atoms with van der Waals surface area (Å²) in [5, 5.41) is 9.95. The van der Waals surface area contributed by atoms with Crippen LogP contribution >= 0.6 is 0 Å². The first kappa shape index (κ1) is 79.9. The zero-order valence-corrected chi connectivity index (χ0v) is 58.5. The third-order valence-corrected chi connectivity index (χ3v) is 22.8. The van der Waals surface area contributed by atoms with Crippen LogP contribution in [0, 0.1) is 71.0 Å². The fourth-order valence-electron chi connectivity index (χ4n) is 11.9. The summed E-state index contributed by atoms with van der Waals surface area (Å²) in [7, 11) is -1.10. The monoisotopic (exact) mass is 1270 g/mol. The summed E-state index contributed by atoms with van der Waals surface area (Å²) < 4.78 is 77.5. The van der Waals surface area contributed by atoms with E-state index in [1.165, 1.54) is 63.5 Å². The van der Waals surface area contributed by atoms with Crippen LogP contribution in [0.25, 0.3) is 0 Å². The van der Waals surface area contributed by atoms with Crippen LogP contribution in [0.1, 0.15) is 232 Å². The van der Waals surface area contributed by atoms with Gasteiger partial charge in [0, 0.05) is 5.92 Å². The number of carbonyl (C=O) groups excluding carboxylic acids is 3. The molecule has 0 aromatic heterocycles. The Hall–Kier alpha value is -5.24. The number of aliphatic carboxylic acids is 1. The van der Waals surface area contributed by atoms with Crippen molar-refractivity contribution in [3.05, 3.63) is 137 Å². The molecule has 3 N–H and O–H groups in total. The van der Waals surface area contributed by atoms with Gasteiger partial charge in [-0.05, 0) is 182 Å². The van der Waals surface area contributed by atoms with Crippen LogP contribution in [0.15, 0.2) is 103 Å². The molecule has 4 saturated carbocycles. The minimum atomic E-state index is -4.23. The maximum Gasteiger partial charge on any atom is 0.416 e. The zero-order chi connectivity index (χ0) is 67.9. The Morgan fingerprint density at radius 1 is 0.483 bits per heavy atom. The molecular weight excluding hydrogens is 1150 g/mol. The molecule has 0 spiro atoms. The Morgan fingerprint density at radius 2 is 0.753 bits per heavy atom. The van der Waals surface area contributed by atoms with Gasteiger partial charge in [0.25, 0.3) is 0 Å². The number of esters is 2. The van der Waals surface area contributed by atoms with Crippen molar-refractivity contribution >= 4 is 37.1 Å². The molecule has 9 rings (SSSR count). The van der Waals surface area contributed by atoms with E-state index in [1.54, 1.807) is 56.1 Å². The fourth-order valence-corrected chi connectivity index (χ4v) is 13.1. The smallest absolute Gasteiger partial charge is 0.416 e. The highest BCUT2D eigenvalue weighted by Crippen LogP contribution is 2.52. The number of rotatable bonds is 12. The predicted octanol–water partition coefficient (Wildman–Crippen LogP) is 20.9. The number of amides is 1. The predicted molar refractivity (Wildman–Crippen MR) is 356 cm³/mol. The first-order chi connectivity index (χ1) is 41.4. The van der Waals surface area contributed by atoms with Crippen molar-refractivity contribution in [3.8, 4) is 0 Å². The molecular formula is C75H113F6NO6Si. The molecule has 1 saturated heterocycles. The van der Waals surface area contributed by atoms with E-state index in [4.69, 9.17) is 10.8 Å². The van der Waals surface area contributed by atoms with Gasteiger partial charge in [-0.15, -0.1) is 0 Å². The molecule has 89 heavy (non-hydrogen) atoms. The van der Waals surface area contributed by atoms with E-state index in [1.807, 2.05) is 27.7 Å². The fraction of sp³-hybridized carbons (Fsp3) is 0.627. The van der Waals surface area contributed by atoms with Crippen molar-refractivity contribution in [2.24, 2.45) is 76.7 Å². The number of benzene rings is 4. The van der Waals surface area contributed by atoms with E-state index in [9.17, 15) is 45.5 Å². The van der Waals surface area contributed by atoms with Crippen LogP contribution < -0.4 is 10.9 Å². The van der Waals surface area contributed by atoms with Crippen LogP contribution in [0.3, 0.4) is 0 Å². The molecule has 1 heterocycles. The van der Waals surface area contributed by atoms with Crippen LogP contribution in [0.5, 0.6) is 0 Å². The second-order valence-corrected chi connectivity index (χ2v) is 32.6. The molecule has 5 fully saturated rings. The number of primary amides is 1. The minimum Gasteiger partial charge on any atom is -0.481 e. The molecule has 4 bridgehead atoms. The summed E-state index contributed by atoms with van der Waals surface area (Å²) in [6.07, 6.45) is 5.14. The number of hydrogen-bond acceptors (Lipinski definition) is 5. The Kier molecular flexibility index (Phi) is 33.5. The first-order valence-corrected chi connectivity index (χ1v) is 36.6. The Balaban J connectivity index is 0.000000349. The Labute approximate surface area is 533 Å². The molecule has 4 aromatic rings. The normalized spacial score (nSPS) is 24.9. The highest BCUT2D eigenvalue weighted by atomic mass is 28.3. The van der Waals surface area contributed by atoms with Gasteiger partial charge in [-0.3, -0.25) is 19.2 Å². The van der Waals surface area contributed by atoms with Crippen molar-refractivity contribution in [3.63, 3.8) is 0 Å². The first-order valence-electron chi connectivity index (χ1n) is 33.1. The third kappa shape index (κ3) is 25.8. The molecule has 4 aromatic carbocycles. The van der Waals surface area contributed by atoms with E-state index in [0.29, 0.717) is 23.7 Å². The van der Waals surface area contributed by atoms with Gasteiger partial charge in [0.05, 0.1) is 37.0 Å². The average Bonchev–Trinajstić information content (AvgIpc) is 1.83. The quantitative estimate of drug-likeness (QED) is 0.0630. The zero-order valence-electron chi connectivity index (χ0n) is 57.5. The van der Waals surface area contributed by atoms with Gasteiger partial charge in [-0.1, -0.05) is 214 Å². The number of ether oxygens (including phenoxy) is 1. The summed E-state index contributed by atoms with van der Waals surface area (Å²) in [4.78, 5) is 41.7. The van der Waals surface area contributed by atoms with Crippen LogP contribution in [0.2, 0.25) is 19.6 Å². The standard InChI is InChI=1S/C13H22Si.2C11H13F3.C10H14.2C9H16.C6H11NO3.C6H8O3/c1-6-11(2)12-7-9-13(10-8-12)14(3,4)5;2*1-3-8(2)9-4-6-10(7-5-9)11(12,13)14;1-3-9(2)10-7-5-4-6-8-10;2*1-6-7(2)9-4-3-8(6)5-9;1-3(5(7)8)4(2)6(9)10;1-3-4(2)6(8)9-5(3)7/h7-11H,6H2,1-5H3;2*4-8H,3H2,1-2H3;4-9H,3H2,1-2H3;2*6-9H,3-5H2,1-2H3;3-4H,1-2H3,(H2,7,8)(H,9,10);3-4H,1-2H3. The summed E-state index contributed by atoms with van der Waals surface area (Å²) >= 11 is 0. The molecule has 0 radical (unpaired) electrons. The van der Waals surface area contributed by atoms with Gasteiger partial charge >= 0.3 is 30.3 Å². The van der Waals surface area contributed by atoms with E-state index >= 15 is 0 Å². The van der Waals surface area contributed by atoms with Crippen molar-refractivity contribution in [2.75, 3.05) is 0 Å². The molecule has 500 valence electrons. The highest BCUT2D eigenvalue weighted by Gasteiger charge is 2.43. The molecule has 1 amide bonds. The molecule has 7 nitrogen and oxygen atoms in total. The maximum absolute atomic E-state index is 12.2. The number of nitrogens with two attached hydrogens (primary N) is 1. The van der Waals surface area contributed by atoms with Gasteiger partial charge < -0.3 is 15.6 Å². The van der Waals surface area contributed by atoms with E-state index in [-0.39, 0.29) is 11.8 Å². The Bertz CT molecular complexity index is 2440. The van der Waals surface area contributed by atoms with Crippen LogP contribution in [-0.2, 0) is 36.3 Å². The molecule has 1 aliphatic heterocycles. The number of carbonyl (C=O) groups is 4. The SMILES string of the molecule is CC(C(N)=O)C(C)C(=O)O.CC1C(=O)OC(=O)C1C.CC1C2CCC(C2)C1C.CC1C2CCC(C2)C1C.CCC(C)c1ccc(C(F)(F)F)cc1.CCC(C)c1ccc(C(F)(F)F)cc1.CCC(C)c1ccc([Si](C)(C)C)cc1.CCC(C)c1ccccc1. The van der Waals surface area contributed by atoms with Crippen molar-refractivity contribution in [1.82, 2.24) is 0 Å². The lowest BCUT2D eigenvalue weighted by molar-refractivity contribution is -0.153. The van der Waals surface area contributed by atoms with Crippen LogP contribution in [0.4, 0.5) is 26.3 Å². The second-order valence-electron chi connectivity index (χ2n) is 27.5. The second kappa shape index (κ2) is 37.3. The lowest BCUT2D eigenvalue weighted by Gasteiger charge is -2.24. The average molecular weight is 1270 g/mol. The highest BCUT2D eigenvalue weighted by molar-refractivity contribution is 6.88. The van der Waals surface area contributed by atoms with Crippen LogP contribution in [-0.4, -0.2) is 37.0 Å². The van der Waals surface area contributed by atoms with E-state index < -0.39 is 67.2 Å². The van der Waals surface area contributed by atoms with E-state index in [0.717, 1.165) is 95.6 Å². The number of hydrogen-bond donors (Lipinski definition) is 2. The molecule has 14 heteroatoms. The lowest BCUT2D eigenvalue weighted by Crippen LogP contribution is -2.37. The summed E-state index contributed by atoms with van der Waals surface area (Å²) in [5.41, 5.74) is 8.56. The van der Waals surface area contributed by atoms with Crippen molar-refractivity contribution in [1.29, 1.82) is 0 Å². The van der Waals surface area contributed by atoms with Gasteiger partial charge in [0.1, 0.15) is 0 Å². The number of halogens is 6. The number of fused-ring (bicyclic) bond motifs is 4. The number of cyclic esters (lactones) is 2. The Morgan fingerprint density at radius 3 is 0.933 bits per heavy atom. The maximum atomic E-state index is 12.2. The van der Waals surface area contributed by atoms with Gasteiger partial charge in [0.15, 0.2) is 0 Å². The minimum absolute atomic E-state index is 0.252. The number of alkyl halides is 6. The van der Waals surface area contributed by atoms with Gasteiger partial charge in [-0.25, -0.2) is 0 Å². The topological polar surface area (TPSA) is 124 Å². The number of carboxylic acids is 1. The van der Waals surface area contributed by atoms with Crippen molar-refractivity contribution < 1.29 is 55.4 Å². The largest absolute Gasteiger partial charge is 0.481 e. The summed E-state index contributed by atoms with van der Waals surface area (Å²) in [6.45, 7) is 40.3. The molecule has 16 unspecified atom stereocenters. The van der Waals surface area contributed by atoms with E-state index in [2.05, 4.69) is 134 Å². The molecule has 4 aliphatic carbocycles. The van der Waals surface area contributed by atoms with Gasteiger partial charge in [0.2, 0.25) is 5.91 Å². The van der Waals surface area contributed by atoms with Gasteiger partial charge in [-0.2, -0.15) is 26.3 Å². The molecule has 5 aliphatic rings. The third-order valence-electron chi connectivity index (χ3n) is 20.7. The lowest BCUT2D eigenvalue weighted by atomic mass is 9.82. The summed E-state index contributed by atoms with van der Waals surface area (Å²) in [6, 6.07) is 30.7. The van der Waals surface area contributed by atoms with Crippen molar-refractivity contribution in [2.45, 2.75) is 231 Å². The number of carboxylic acid groups (broad SMARTS) is 1. The molecule has 16 atom stereocenters.